The molecule has 1 N–H and O–H groups in total. The number of amides is 1. The first kappa shape index (κ1) is 12.2. The van der Waals surface area contributed by atoms with E-state index in [0.29, 0.717) is 5.56 Å². The Balaban J connectivity index is 2.96. The van der Waals surface area contributed by atoms with Gasteiger partial charge in [-0.3, -0.25) is 4.79 Å². The van der Waals surface area contributed by atoms with Crippen LogP contribution in [-0.4, -0.2) is 19.0 Å². The van der Waals surface area contributed by atoms with E-state index in [1.165, 1.54) is 38.3 Å². The Labute approximate surface area is 92.4 Å². The van der Waals surface area contributed by atoms with E-state index in [4.69, 9.17) is 0 Å². The fourth-order valence-corrected chi connectivity index (χ4v) is 1.25. The second-order valence-electron chi connectivity index (χ2n) is 3.21. The van der Waals surface area contributed by atoms with E-state index < -0.39 is 17.8 Å². The highest BCUT2D eigenvalue weighted by Crippen LogP contribution is 2.15. The van der Waals surface area contributed by atoms with Crippen LogP contribution in [0, 0.1) is 5.82 Å². The summed E-state index contributed by atoms with van der Waals surface area (Å²) in [7, 11) is 1.22. The van der Waals surface area contributed by atoms with Crippen LogP contribution in [0.4, 0.5) is 4.39 Å². The Kier molecular flexibility index (Phi) is 3.99. The van der Waals surface area contributed by atoms with Crippen LogP contribution in [0.2, 0.25) is 0 Å². The fraction of sp³-hybridized carbons (Fsp3) is 0.273. The smallest absolute Gasteiger partial charge is 0.333 e. The van der Waals surface area contributed by atoms with Gasteiger partial charge in [0.05, 0.1) is 7.11 Å². The largest absolute Gasteiger partial charge is 0.467 e. The number of carbonyl (C=O) groups is 2. The zero-order valence-corrected chi connectivity index (χ0v) is 8.99. The summed E-state index contributed by atoms with van der Waals surface area (Å²) in [5.74, 6) is -1.36. The van der Waals surface area contributed by atoms with Crippen molar-refractivity contribution in [2.75, 3.05) is 7.11 Å². The molecule has 16 heavy (non-hydrogen) atoms. The molecule has 1 atom stereocenters. The van der Waals surface area contributed by atoms with E-state index in [1.807, 2.05) is 0 Å². The van der Waals surface area contributed by atoms with E-state index in [0.717, 1.165) is 0 Å². The molecule has 4 nitrogen and oxygen atoms in total. The number of nitrogens with one attached hydrogen (secondary N) is 1. The molecule has 1 aromatic carbocycles. The van der Waals surface area contributed by atoms with Crippen LogP contribution >= 0.6 is 0 Å². The van der Waals surface area contributed by atoms with Crippen molar-refractivity contribution >= 4 is 11.9 Å². The van der Waals surface area contributed by atoms with E-state index in [-0.39, 0.29) is 5.91 Å². The minimum Gasteiger partial charge on any atom is -0.467 e. The highest BCUT2D eigenvalue weighted by molar-refractivity contribution is 5.84. The maximum absolute atomic E-state index is 12.7. The van der Waals surface area contributed by atoms with Crippen molar-refractivity contribution in [2.24, 2.45) is 0 Å². The molecule has 0 fully saturated rings. The average Bonchev–Trinajstić information content (AvgIpc) is 2.26. The Hall–Kier alpha value is -1.91. The van der Waals surface area contributed by atoms with E-state index in [1.54, 1.807) is 0 Å². The molecule has 0 aromatic heterocycles. The summed E-state index contributed by atoms with van der Waals surface area (Å²) in [4.78, 5) is 22.3. The van der Waals surface area contributed by atoms with Gasteiger partial charge in [0.2, 0.25) is 5.91 Å². The second kappa shape index (κ2) is 5.25. The molecule has 0 unspecified atom stereocenters. The molecule has 0 heterocycles. The molecule has 86 valence electrons. The van der Waals surface area contributed by atoms with Gasteiger partial charge < -0.3 is 10.1 Å². The van der Waals surface area contributed by atoms with Crippen LogP contribution in [0.1, 0.15) is 18.5 Å². The van der Waals surface area contributed by atoms with Gasteiger partial charge in [0.25, 0.3) is 0 Å². The first-order valence-corrected chi connectivity index (χ1v) is 4.65. The van der Waals surface area contributed by atoms with Crippen molar-refractivity contribution < 1.29 is 18.7 Å². The molecule has 0 bridgehead atoms. The molecule has 0 aliphatic heterocycles. The van der Waals surface area contributed by atoms with Crippen LogP contribution in [0.15, 0.2) is 24.3 Å². The zero-order chi connectivity index (χ0) is 12.1. The summed E-state index contributed by atoms with van der Waals surface area (Å²) >= 11 is 0. The van der Waals surface area contributed by atoms with Crippen molar-refractivity contribution in [3.8, 4) is 0 Å². The number of methoxy groups -OCH3 is 1. The molecule has 1 amide bonds. The summed E-state index contributed by atoms with van der Waals surface area (Å²) in [5.41, 5.74) is 0.475. The van der Waals surface area contributed by atoms with Crippen LogP contribution in [0.5, 0.6) is 0 Å². The maximum atomic E-state index is 12.7. The predicted molar refractivity (Wildman–Crippen MR) is 55.0 cm³/mol. The minimum absolute atomic E-state index is 0.361. The van der Waals surface area contributed by atoms with Gasteiger partial charge in [0.1, 0.15) is 5.82 Å². The molecule has 1 aromatic rings. The molecular formula is C11H12FNO3. The first-order valence-electron chi connectivity index (χ1n) is 4.65. The fourth-order valence-electron chi connectivity index (χ4n) is 1.25. The number of benzene rings is 1. The van der Waals surface area contributed by atoms with Crippen molar-refractivity contribution in [3.05, 3.63) is 35.6 Å². The monoisotopic (exact) mass is 225 g/mol. The van der Waals surface area contributed by atoms with Crippen LogP contribution in [0.3, 0.4) is 0 Å². The Morgan fingerprint density at radius 1 is 1.31 bits per heavy atom. The molecular weight excluding hydrogens is 213 g/mol. The van der Waals surface area contributed by atoms with Crippen molar-refractivity contribution in [2.45, 2.75) is 13.0 Å². The first-order chi connectivity index (χ1) is 7.54. The Morgan fingerprint density at radius 3 is 2.31 bits per heavy atom. The summed E-state index contributed by atoms with van der Waals surface area (Å²) < 4.78 is 17.2. The SMILES string of the molecule is COC(=O)[C@H](NC(C)=O)c1ccc(F)cc1. The number of hydrogen-bond acceptors (Lipinski definition) is 3. The Morgan fingerprint density at radius 2 is 1.88 bits per heavy atom. The van der Waals surface area contributed by atoms with E-state index >= 15 is 0 Å². The molecule has 0 radical (unpaired) electrons. The van der Waals surface area contributed by atoms with Gasteiger partial charge in [0, 0.05) is 6.92 Å². The van der Waals surface area contributed by atoms with Gasteiger partial charge >= 0.3 is 5.97 Å². The normalized spacial score (nSPS) is 11.7. The third-order valence-electron chi connectivity index (χ3n) is 1.99. The number of rotatable bonds is 3. The van der Waals surface area contributed by atoms with Crippen molar-refractivity contribution in [3.63, 3.8) is 0 Å². The number of ether oxygens (including phenoxy) is 1. The third-order valence-corrected chi connectivity index (χ3v) is 1.99. The molecule has 0 aliphatic rings. The van der Waals surface area contributed by atoms with Gasteiger partial charge in [-0.1, -0.05) is 12.1 Å². The van der Waals surface area contributed by atoms with Gasteiger partial charge in [-0.2, -0.15) is 0 Å². The lowest BCUT2D eigenvalue weighted by Gasteiger charge is -2.15. The lowest BCUT2D eigenvalue weighted by atomic mass is 10.1. The second-order valence-corrected chi connectivity index (χ2v) is 3.21. The maximum Gasteiger partial charge on any atom is 0.333 e. The molecule has 1 rings (SSSR count). The van der Waals surface area contributed by atoms with Gasteiger partial charge in [-0.15, -0.1) is 0 Å². The van der Waals surface area contributed by atoms with Crippen molar-refractivity contribution in [1.29, 1.82) is 0 Å². The Bertz CT molecular complexity index is 389. The van der Waals surface area contributed by atoms with Crippen LogP contribution in [-0.2, 0) is 14.3 Å². The lowest BCUT2D eigenvalue weighted by Crippen LogP contribution is -2.32. The van der Waals surface area contributed by atoms with E-state index in [9.17, 15) is 14.0 Å². The van der Waals surface area contributed by atoms with Gasteiger partial charge in [0.15, 0.2) is 6.04 Å². The van der Waals surface area contributed by atoms with Crippen LogP contribution < -0.4 is 5.32 Å². The highest BCUT2D eigenvalue weighted by atomic mass is 19.1. The summed E-state index contributed by atoms with van der Waals surface area (Å²) in [6, 6.07) is 4.38. The summed E-state index contributed by atoms with van der Waals surface area (Å²) in [5, 5.41) is 2.43. The number of hydrogen-bond donors (Lipinski definition) is 1. The van der Waals surface area contributed by atoms with E-state index in [2.05, 4.69) is 10.1 Å². The van der Waals surface area contributed by atoms with Gasteiger partial charge in [-0.25, -0.2) is 9.18 Å². The third kappa shape index (κ3) is 3.05. The van der Waals surface area contributed by atoms with Crippen molar-refractivity contribution in [1.82, 2.24) is 5.32 Å². The minimum atomic E-state index is -0.900. The quantitative estimate of drug-likeness (QED) is 0.786. The summed E-state index contributed by atoms with van der Waals surface area (Å²) in [6.07, 6.45) is 0. The number of carbonyl (C=O) groups excluding carboxylic acids is 2. The topological polar surface area (TPSA) is 55.4 Å². The highest BCUT2D eigenvalue weighted by Gasteiger charge is 2.21. The predicted octanol–water partition coefficient (Wildman–Crippen LogP) is 1.18. The number of esters is 1. The molecule has 5 heteroatoms. The number of halogens is 1. The average molecular weight is 225 g/mol. The lowest BCUT2D eigenvalue weighted by molar-refractivity contribution is -0.145. The zero-order valence-electron chi connectivity index (χ0n) is 8.99. The molecule has 0 aliphatic carbocycles. The van der Waals surface area contributed by atoms with Gasteiger partial charge in [-0.05, 0) is 17.7 Å². The van der Waals surface area contributed by atoms with Crippen LogP contribution in [0.25, 0.3) is 0 Å². The molecule has 0 spiro atoms. The molecule has 0 saturated heterocycles. The molecule has 0 saturated carbocycles. The summed E-state index contributed by atoms with van der Waals surface area (Å²) in [6.45, 7) is 1.29. The standard InChI is InChI=1S/C11H12FNO3/c1-7(14)13-10(11(15)16-2)8-3-5-9(12)6-4-8/h3-6,10H,1-2H3,(H,13,14)/t10-/m1/s1.